The number of para-hydroxylation sites is 1. The van der Waals surface area contributed by atoms with E-state index >= 15 is 0 Å². The van der Waals surface area contributed by atoms with Crippen LogP contribution in [0, 0.1) is 0 Å². The first-order valence-corrected chi connectivity index (χ1v) is 7.37. The topological polar surface area (TPSA) is 67.3 Å². The molecular weight excluding hydrogens is 302 g/mol. The third-order valence-corrected chi connectivity index (χ3v) is 3.91. The Labute approximate surface area is 136 Å². The van der Waals surface area contributed by atoms with Crippen LogP contribution < -0.4 is 27.9 Å². The van der Waals surface area contributed by atoms with E-state index in [4.69, 9.17) is 4.74 Å². The van der Waals surface area contributed by atoms with Crippen molar-refractivity contribution in [2.24, 2.45) is 5.10 Å². The molecule has 6 heteroatoms. The third kappa shape index (κ3) is 3.67. The van der Waals surface area contributed by atoms with Crippen LogP contribution in [0.15, 0.2) is 34.9 Å². The molecule has 1 aromatic rings. The largest absolute Gasteiger partial charge is 1.00 e. The van der Waals surface area contributed by atoms with Crippen molar-refractivity contribution in [3.05, 3.63) is 35.4 Å². The summed E-state index contributed by atoms with van der Waals surface area (Å²) in [6.45, 7) is 3.00. The molecule has 2 atom stereocenters. The Hall–Kier alpha value is -1.85. The van der Waals surface area contributed by atoms with Crippen LogP contribution in [0.2, 0.25) is 0 Å². The molecule has 118 valence electrons. The summed E-state index contributed by atoms with van der Waals surface area (Å²) in [4.78, 5) is 11.9. The number of hydrogen-bond acceptors (Lipinski definition) is 3. The first-order chi connectivity index (χ1) is 10.2. The van der Waals surface area contributed by atoms with Gasteiger partial charge in [-0.05, 0) is 19.1 Å². The number of halogens is 1. The summed E-state index contributed by atoms with van der Waals surface area (Å²) in [7, 11) is 0. The first kappa shape index (κ1) is 16.5. The van der Waals surface area contributed by atoms with E-state index in [1.165, 1.54) is 0 Å². The van der Waals surface area contributed by atoms with Gasteiger partial charge >= 0.3 is 0 Å². The number of rotatable bonds is 3. The normalized spacial score (nSPS) is 23.2. The maximum absolute atomic E-state index is 11.9. The Morgan fingerprint density at radius 2 is 2.27 bits per heavy atom. The fourth-order valence-corrected chi connectivity index (χ4v) is 2.67. The molecule has 1 unspecified atom stereocenters. The van der Waals surface area contributed by atoms with E-state index in [1.807, 2.05) is 37.3 Å². The standard InChI is InChI=1S/C16H19N3O2.ClH/c1-11-13(9-12-5-2-3-7-15(12)21-11)10-18-19-16(20)14-6-4-8-17-14;/h2-3,5,7,9-11,14,17H,4,6,8H2,1H3,(H,19,20);1H/b18-10+;/t11?,14-;/m1./s1. The predicted molar refractivity (Wildman–Crippen MR) is 81.0 cm³/mol. The van der Waals surface area contributed by atoms with E-state index in [2.05, 4.69) is 15.8 Å². The average molecular weight is 322 g/mol. The van der Waals surface area contributed by atoms with Crippen molar-refractivity contribution in [2.45, 2.75) is 31.9 Å². The van der Waals surface area contributed by atoms with Gasteiger partial charge < -0.3 is 22.5 Å². The summed E-state index contributed by atoms with van der Waals surface area (Å²) in [5.41, 5.74) is 4.60. The zero-order valence-electron chi connectivity index (χ0n) is 12.5. The Kier molecular flexibility index (Phi) is 5.57. The molecule has 2 aliphatic heterocycles. The number of ether oxygens (including phenoxy) is 1. The number of carbonyl (C=O) groups excluding carboxylic acids is 1. The zero-order chi connectivity index (χ0) is 14.7. The van der Waals surface area contributed by atoms with Gasteiger partial charge in [-0.2, -0.15) is 5.10 Å². The number of quaternary nitrogens is 1. The van der Waals surface area contributed by atoms with Crippen LogP contribution in [-0.4, -0.2) is 30.8 Å². The highest BCUT2D eigenvalue weighted by Gasteiger charge is 2.25. The maximum atomic E-state index is 11.9. The van der Waals surface area contributed by atoms with Crippen LogP contribution in [0.3, 0.4) is 0 Å². The molecule has 1 saturated heterocycles. The van der Waals surface area contributed by atoms with Gasteiger partial charge in [-0.3, -0.25) is 4.79 Å². The summed E-state index contributed by atoms with van der Waals surface area (Å²) in [5, 5.41) is 6.13. The lowest BCUT2D eigenvalue weighted by Gasteiger charge is -2.22. The molecule has 22 heavy (non-hydrogen) atoms. The molecule has 1 fully saturated rings. The second-order valence-electron chi connectivity index (χ2n) is 5.45. The second-order valence-corrected chi connectivity index (χ2v) is 5.45. The first-order valence-electron chi connectivity index (χ1n) is 7.37. The molecule has 2 aliphatic rings. The van der Waals surface area contributed by atoms with Crippen molar-refractivity contribution < 1.29 is 27.3 Å². The van der Waals surface area contributed by atoms with Gasteiger partial charge in [0.15, 0.2) is 6.04 Å². The van der Waals surface area contributed by atoms with Gasteiger partial charge in [0.25, 0.3) is 5.91 Å². The number of carbonyl (C=O) groups is 1. The maximum Gasteiger partial charge on any atom is 0.298 e. The summed E-state index contributed by atoms with van der Waals surface area (Å²) >= 11 is 0. The van der Waals surface area contributed by atoms with Crippen molar-refractivity contribution in [3.63, 3.8) is 0 Å². The van der Waals surface area contributed by atoms with Crippen molar-refractivity contribution in [3.8, 4) is 5.75 Å². The molecule has 1 amide bonds. The fraction of sp³-hybridized carbons (Fsp3) is 0.375. The van der Waals surface area contributed by atoms with E-state index < -0.39 is 0 Å². The van der Waals surface area contributed by atoms with Crippen molar-refractivity contribution in [1.29, 1.82) is 0 Å². The lowest BCUT2D eigenvalue weighted by Crippen LogP contribution is -3.00. The van der Waals surface area contributed by atoms with Crippen molar-refractivity contribution >= 4 is 18.2 Å². The Morgan fingerprint density at radius 1 is 1.45 bits per heavy atom. The van der Waals surface area contributed by atoms with Gasteiger partial charge in [0.05, 0.1) is 12.8 Å². The molecule has 3 N–H and O–H groups in total. The molecule has 0 saturated carbocycles. The van der Waals surface area contributed by atoms with Gasteiger partial charge in [-0.1, -0.05) is 18.2 Å². The van der Waals surface area contributed by atoms with Gasteiger partial charge in [0.2, 0.25) is 0 Å². The monoisotopic (exact) mass is 321 g/mol. The quantitative estimate of drug-likeness (QED) is 0.485. The van der Waals surface area contributed by atoms with Crippen molar-refractivity contribution in [2.75, 3.05) is 6.54 Å². The fourth-order valence-electron chi connectivity index (χ4n) is 2.67. The molecule has 0 aromatic heterocycles. The lowest BCUT2D eigenvalue weighted by atomic mass is 10.0. The van der Waals surface area contributed by atoms with E-state index in [1.54, 1.807) is 6.21 Å². The number of nitrogens with zero attached hydrogens (tertiary/aromatic N) is 1. The van der Waals surface area contributed by atoms with E-state index in [-0.39, 0.29) is 30.5 Å². The van der Waals surface area contributed by atoms with Crippen LogP contribution in [0.5, 0.6) is 5.75 Å². The Balaban J connectivity index is 0.00000176. The van der Waals surface area contributed by atoms with Crippen LogP contribution in [0.25, 0.3) is 6.08 Å². The molecule has 0 spiro atoms. The van der Waals surface area contributed by atoms with Gasteiger partial charge in [0, 0.05) is 24.0 Å². The Morgan fingerprint density at radius 3 is 3.05 bits per heavy atom. The average Bonchev–Trinajstić information content (AvgIpc) is 3.02. The van der Waals surface area contributed by atoms with Crippen LogP contribution in [0.1, 0.15) is 25.3 Å². The van der Waals surface area contributed by atoms with Crippen LogP contribution >= 0.6 is 0 Å². The summed E-state index contributed by atoms with van der Waals surface area (Å²) < 4.78 is 5.82. The number of hydrogen-bond donors (Lipinski definition) is 2. The van der Waals surface area contributed by atoms with E-state index in [0.29, 0.717) is 0 Å². The molecule has 3 rings (SSSR count). The number of fused-ring (bicyclic) bond motifs is 1. The van der Waals surface area contributed by atoms with Crippen molar-refractivity contribution in [1.82, 2.24) is 5.43 Å². The molecule has 2 heterocycles. The smallest absolute Gasteiger partial charge is 0.298 e. The van der Waals surface area contributed by atoms with E-state index in [9.17, 15) is 4.79 Å². The molecule has 0 aliphatic carbocycles. The minimum atomic E-state index is -0.0707. The van der Waals surface area contributed by atoms with Crippen LogP contribution in [-0.2, 0) is 4.79 Å². The molecule has 0 bridgehead atoms. The minimum absolute atomic E-state index is 0. The number of hydrazone groups is 1. The Bertz CT molecular complexity index is 595. The third-order valence-electron chi connectivity index (χ3n) is 3.91. The number of nitrogens with two attached hydrogens (primary N) is 1. The van der Waals surface area contributed by atoms with Gasteiger partial charge in [0.1, 0.15) is 11.9 Å². The minimum Gasteiger partial charge on any atom is -1.00 e. The highest BCUT2D eigenvalue weighted by atomic mass is 35.5. The number of nitrogens with one attached hydrogen (secondary N) is 1. The molecular formula is C16H20ClN3O2. The zero-order valence-corrected chi connectivity index (χ0v) is 13.2. The summed E-state index contributed by atoms with van der Waals surface area (Å²) in [6, 6.07) is 7.89. The van der Waals surface area contributed by atoms with E-state index in [0.717, 1.165) is 36.3 Å². The number of amides is 1. The van der Waals surface area contributed by atoms with Gasteiger partial charge in [-0.15, -0.1) is 0 Å². The molecule has 5 nitrogen and oxygen atoms in total. The molecule has 1 aromatic carbocycles. The lowest BCUT2D eigenvalue weighted by molar-refractivity contribution is -0.657. The second kappa shape index (κ2) is 7.42. The number of benzene rings is 1. The van der Waals surface area contributed by atoms with Crippen LogP contribution in [0.4, 0.5) is 0 Å². The summed E-state index contributed by atoms with van der Waals surface area (Å²) in [6.07, 6.45) is 5.67. The SMILES string of the molecule is CC1Oc2ccccc2C=C1/C=N/NC(=O)[C@H]1CCC[NH2+]1.[Cl-]. The highest BCUT2D eigenvalue weighted by Crippen LogP contribution is 2.28. The highest BCUT2D eigenvalue weighted by molar-refractivity contribution is 5.90. The van der Waals surface area contributed by atoms with Gasteiger partial charge in [-0.25, -0.2) is 5.43 Å². The predicted octanol–water partition coefficient (Wildman–Crippen LogP) is -2.32. The summed E-state index contributed by atoms with van der Waals surface area (Å²) in [5.74, 6) is 0.862. The molecule has 0 radical (unpaired) electrons.